The summed E-state index contributed by atoms with van der Waals surface area (Å²) in [5, 5.41) is 0. The highest BCUT2D eigenvalue weighted by molar-refractivity contribution is 5.58. The maximum absolute atomic E-state index is 4.49. The van der Waals surface area contributed by atoms with Crippen molar-refractivity contribution in [1.29, 1.82) is 0 Å². The average Bonchev–Trinajstić information content (AvgIpc) is 2.06. The second kappa shape index (κ2) is 4.53. The van der Waals surface area contributed by atoms with Crippen LogP contribution in [0.5, 0.6) is 0 Å². The molecular formula is C10H19N. The molecule has 0 saturated heterocycles. The van der Waals surface area contributed by atoms with Gasteiger partial charge >= 0.3 is 0 Å². The van der Waals surface area contributed by atoms with Gasteiger partial charge in [-0.3, -0.25) is 4.99 Å². The Morgan fingerprint density at radius 2 is 2.45 bits per heavy atom. The molecule has 0 aromatic heterocycles. The van der Waals surface area contributed by atoms with Crippen molar-refractivity contribution in [1.82, 2.24) is 0 Å². The first-order valence-corrected chi connectivity index (χ1v) is 4.84. The van der Waals surface area contributed by atoms with E-state index in [1.165, 1.54) is 32.1 Å². The average molecular weight is 153 g/mol. The minimum atomic E-state index is 0.652. The summed E-state index contributed by atoms with van der Waals surface area (Å²) < 4.78 is 0. The van der Waals surface area contributed by atoms with Gasteiger partial charge in [0.05, 0.1) is 0 Å². The molecule has 1 aliphatic rings. The largest absolute Gasteiger partial charge is 0.294 e. The number of hydrogen-bond acceptors (Lipinski definition) is 1. The van der Waals surface area contributed by atoms with Gasteiger partial charge < -0.3 is 0 Å². The van der Waals surface area contributed by atoms with Crippen LogP contribution in [-0.2, 0) is 0 Å². The summed E-state index contributed by atoms with van der Waals surface area (Å²) in [5.74, 6) is 0.857. The van der Waals surface area contributed by atoms with Crippen molar-refractivity contribution >= 4 is 6.21 Å². The Kier molecular flexibility index (Phi) is 3.61. The molecule has 0 fully saturated rings. The van der Waals surface area contributed by atoms with Crippen LogP contribution < -0.4 is 0 Å². The number of aliphatic imine (C=N–C) groups is 1. The van der Waals surface area contributed by atoms with Crippen LogP contribution in [0.2, 0.25) is 0 Å². The van der Waals surface area contributed by atoms with E-state index >= 15 is 0 Å². The minimum Gasteiger partial charge on any atom is -0.294 e. The van der Waals surface area contributed by atoms with Gasteiger partial charge in [0.1, 0.15) is 0 Å². The maximum Gasteiger partial charge on any atom is 0.0498 e. The first kappa shape index (κ1) is 8.76. The fraction of sp³-hybridized carbons (Fsp3) is 0.900. The lowest BCUT2D eigenvalue weighted by molar-refractivity contribution is 0.426. The fourth-order valence-electron chi connectivity index (χ4n) is 1.55. The van der Waals surface area contributed by atoms with E-state index in [4.69, 9.17) is 0 Å². The molecule has 0 amide bonds. The lowest BCUT2D eigenvalue weighted by atomic mass is 9.95. The molecule has 1 aliphatic heterocycles. The van der Waals surface area contributed by atoms with E-state index in [0.29, 0.717) is 6.04 Å². The zero-order valence-corrected chi connectivity index (χ0v) is 7.71. The van der Waals surface area contributed by atoms with E-state index in [-0.39, 0.29) is 0 Å². The van der Waals surface area contributed by atoms with Crippen molar-refractivity contribution in [3.63, 3.8) is 0 Å². The minimum absolute atomic E-state index is 0.652. The van der Waals surface area contributed by atoms with Crippen molar-refractivity contribution in [3.8, 4) is 0 Å². The van der Waals surface area contributed by atoms with E-state index < -0.39 is 0 Å². The van der Waals surface area contributed by atoms with Gasteiger partial charge in [-0.25, -0.2) is 0 Å². The third kappa shape index (κ3) is 3.04. The summed E-state index contributed by atoms with van der Waals surface area (Å²) in [4.78, 5) is 4.49. The number of nitrogens with zero attached hydrogens (tertiary/aromatic N) is 1. The van der Waals surface area contributed by atoms with E-state index in [9.17, 15) is 0 Å². The third-order valence-electron chi connectivity index (χ3n) is 2.56. The molecule has 64 valence electrons. The monoisotopic (exact) mass is 153 g/mol. The van der Waals surface area contributed by atoms with Crippen LogP contribution in [0.15, 0.2) is 4.99 Å². The Bertz CT molecular complexity index is 129. The molecule has 2 atom stereocenters. The van der Waals surface area contributed by atoms with Gasteiger partial charge in [0.25, 0.3) is 0 Å². The predicted molar refractivity (Wildman–Crippen MR) is 50.2 cm³/mol. The molecule has 2 unspecified atom stereocenters. The van der Waals surface area contributed by atoms with Crippen LogP contribution >= 0.6 is 0 Å². The zero-order chi connectivity index (χ0) is 8.10. The first-order chi connectivity index (χ1) is 5.33. The molecule has 0 aromatic rings. The van der Waals surface area contributed by atoms with E-state index in [0.717, 1.165) is 5.92 Å². The molecule has 1 rings (SSSR count). The van der Waals surface area contributed by atoms with Crippen LogP contribution in [0.3, 0.4) is 0 Å². The van der Waals surface area contributed by atoms with Gasteiger partial charge in [0, 0.05) is 6.04 Å². The predicted octanol–water partition coefficient (Wildman–Crippen LogP) is 3.05. The lowest BCUT2D eigenvalue weighted by Crippen LogP contribution is -2.12. The molecule has 1 heterocycles. The van der Waals surface area contributed by atoms with Crippen LogP contribution in [0, 0.1) is 5.92 Å². The van der Waals surface area contributed by atoms with E-state index in [1.54, 1.807) is 0 Å². The van der Waals surface area contributed by atoms with Crippen LogP contribution in [0.1, 0.15) is 46.0 Å². The normalized spacial score (nSPS) is 26.9. The Hall–Kier alpha value is -0.330. The Labute approximate surface area is 69.9 Å². The quantitative estimate of drug-likeness (QED) is 0.591. The summed E-state index contributed by atoms with van der Waals surface area (Å²) in [6.07, 6.45) is 8.58. The maximum atomic E-state index is 4.49. The van der Waals surface area contributed by atoms with Gasteiger partial charge in [-0.15, -0.1) is 0 Å². The molecule has 1 nitrogen and oxygen atoms in total. The van der Waals surface area contributed by atoms with Crippen LogP contribution in [0.25, 0.3) is 0 Å². The second-order valence-corrected chi connectivity index (χ2v) is 3.67. The molecule has 1 heteroatoms. The van der Waals surface area contributed by atoms with Crippen LogP contribution in [0.4, 0.5) is 0 Å². The van der Waals surface area contributed by atoms with Gasteiger partial charge in [0.15, 0.2) is 0 Å². The first-order valence-electron chi connectivity index (χ1n) is 4.84. The summed E-state index contributed by atoms with van der Waals surface area (Å²) in [6, 6.07) is 0.652. The summed E-state index contributed by atoms with van der Waals surface area (Å²) in [6.45, 7) is 4.58. The molecule has 11 heavy (non-hydrogen) atoms. The topological polar surface area (TPSA) is 12.4 Å². The van der Waals surface area contributed by atoms with Crippen molar-refractivity contribution in [2.45, 2.75) is 52.0 Å². The van der Waals surface area contributed by atoms with E-state index in [1.807, 2.05) is 0 Å². The standard InChI is InChI=1S/C10H19N/c1-3-9(2)8-10-6-4-5-7-11-10/h7,9-10H,3-6,8H2,1-2H3. The van der Waals surface area contributed by atoms with Gasteiger partial charge in [-0.2, -0.15) is 0 Å². The van der Waals surface area contributed by atoms with Crippen molar-refractivity contribution < 1.29 is 0 Å². The third-order valence-corrected chi connectivity index (χ3v) is 2.56. The summed E-state index contributed by atoms with van der Waals surface area (Å²) >= 11 is 0. The Morgan fingerprint density at radius 1 is 1.64 bits per heavy atom. The molecule has 0 saturated carbocycles. The number of rotatable bonds is 3. The summed E-state index contributed by atoms with van der Waals surface area (Å²) in [5.41, 5.74) is 0. The molecule has 0 spiro atoms. The van der Waals surface area contributed by atoms with Crippen molar-refractivity contribution in [2.75, 3.05) is 0 Å². The Morgan fingerprint density at radius 3 is 3.00 bits per heavy atom. The van der Waals surface area contributed by atoms with Gasteiger partial charge in [-0.1, -0.05) is 20.3 Å². The smallest absolute Gasteiger partial charge is 0.0498 e. The second-order valence-electron chi connectivity index (χ2n) is 3.67. The highest BCUT2D eigenvalue weighted by Gasteiger charge is 2.11. The van der Waals surface area contributed by atoms with Crippen molar-refractivity contribution in [3.05, 3.63) is 0 Å². The van der Waals surface area contributed by atoms with E-state index in [2.05, 4.69) is 25.1 Å². The fourth-order valence-corrected chi connectivity index (χ4v) is 1.55. The molecule has 0 aliphatic carbocycles. The SMILES string of the molecule is CCC(C)CC1CCCC=N1. The highest BCUT2D eigenvalue weighted by atomic mass is 14.8. The molecule has 0 N–H and O–H groups in total. The molecule has 0 aromatic carbocycles. The van der Waals surface area contributed by atoms with Gasteiger partial charge in [0.2, 0.25) is 0 Å². The highest BCUT2D eigenvalue weighted by Crippen LogP contribution is 2.19. The Balaban J connectivity index is 2.24. The number of hydrogen-bond donors (Lipinski definition) is 0. The zero-order valence-electron chi connectivity index (χ0n) is 7.71. The molecular weight excluding hydrogens is 134 g/mol. The van der Waals surface area contributed by atoms with Crippen LogP contribution in [-0.4, -0.2) is 12.3 Å². The molecule has 0 bridgehead atoms. The van der Waals surface area contributed by atoms with Crippen molar-refractivity contribution in [2.24, 2.45) is 10.9 Å². The summed E-state index contributed by atoms with van der Waals surface area (Å²) in [7, 11) is 0. The molecule has 0 radical (unpaired) electrons. The lowest BCUT2D eigenvalue weighted by Gasteiger charge is -2.18. The van der Waals surface area contributed by atoms with Gasteiger partial charge in [-0.05, 0) is 37.8 Å².